The third-order valence-corrected chi connectivity index (χ3v) is 4.22. The van der Waals surface area contributed by atoms with Gasteiger partial charge < -0.3 is 20.3 Å². The van der Waals surface area contributed by atoms with Crippen LogP contribution in [0.25, 0.3) is 0 Å². The van der Waals surface area contributed by atoms with Crippen molar-refractivity contribution < 1.29 is 9.53 Å². The number of anilines is 2. The molecule has 3 heterocycles. The summed E-state index contributed by atoms with van der Waals surface area (Å²) >= 11 is 0. The predicted molar refractivity (Wildman–Crippen MR) is 81.0 cm³/mol. The van der Waals surface area contributed by atoms with Crippen LogP contribution in [-0.4, -0.2) is 54.2 Å². The molecule has 2 unspecified atom stereocenters. The Hall–Kier alpha value is -1.82. The number of pyridine rings is 1. The first-order valence-electron chi connectivity index (χ1n) is 7.55. The smallest absolute Gasteiger partial charge is 0.251 e. The van der Waals surface area contributed by atoms with Gasteiger partial charge in [0, 0.05) is 32.4 Å². The number of nitrogens with two attached hydrogens (primary N) is 1. The molecule has 0 saturated carbocycles. The maximum absolute atomic E-state index is 12.4. The van der Waals surface area contributed by atoms with E-state index in [2.05, 4.69) is 9.88 Å². The minimum absolute atomic E-state index is 0.132. The zero-order chi connectivity index (χ0) is 14.8. The number of carbonyl (C=O) groups excluding carboxylic acids is 1. The van der Waals surface area contributed by atoms with Gasteiger partial charge >= 0.3 is 0 Å². The van der Waals surface area contributed by atoms with Gasteiger partial charge in [-0.2, -0.15) is 0 Å². The molecule has 2 saturated heterocycles. The number of nitrogens with zero attached hydrogens (tertiary/aromatic N) is 3. The first-order valence-corrected chi connectivity index (χ1v) is 7.55. The topological polar surface area (TPSA) is 71.7 Å². The number of amides is 1. The number of nitrogen functional groups attached to an aromatic ring is 1. The molecule has 0 aromatic carbocycles. The lowest BCUT2D eigenvalue weighted by molar-refractivity contribution is -0.142. The van der Waals surface area contributed by atoms with Crippen molar-refractivity contribution >= 4 is 17.4 Å². The standard InChI is InChI=1S/C15H22N4O2/c1-11-4-5-13(21-11)15(20)19-9-7-18(8-10-19)14-12(16)3-2-6-17-14/h2-3,6,11,13H,4-5,7-10,16H2,1H3. The molecule has 0 radical (unpaired) electrons. The van der Waals surface area contributed by atoms with Crippen molar-refractivity contribution in [2.24, 2.45) is 0 Å². The average molecular weight is 290 g/mol. The van der Waals surface area contributed by atoms with Crippen LogP contribution >= 0.6 is 0 Å². The first-order chi connectivity index (χ1) is 10.1. The molecule has 3 rings (SSSR count). The second-order valence-electron chi connectivity index (χ2n) is 5.74. The predicted octanol–water partition coefficient (Wildman–Crippen LogP) is 0.880. The molecule has 0 bridgehead atoms. The lowest BCUT2D eigenvalue weighted by Crippen LogP contribution is -2.51. The van der Waals surface area contributed by atoms with Crippen LogP contribution in [0, 0.1) is 0 Å². The van der Waals surface area contributed by atoms with Crippen LogP contribution in [0.3, 0.4) is 0 Å². The Morgan fingerprint density at radius 1 is 1.33 bits per heavy atom. The molecule has 6 heteroatoms. The van der Waals surface area contributed by atoms with Crippen LogP contribution < -0.4 is 10.6 Å². The van der Waals surface area contributed by atoms with E-state index in [4.69, 9.17) is 10.5 Å². The van der Waals surface area contributed by atoms with Crippen molar-refractivity contribution in [2.75, 3.05) is 36.8 Å². The van der Waals surface area contributed by atoms with Crippen molar-refractivity contribution in [1.82, 2.24) is 9.88 Å². The van der Waals surface area contributed by atoms with Gasteiger partial charge in [0.15, 0.2) is 5.82 Å². The van der Waals surface area contributed by atoms with E-state index < -0.39 is 0 Å². The molecule has 1 aromatic rings. The van der Waals surface area contributed by atoms with Crippen LogP contribution in [0.2, 0.25) is 0 Å². The van der Waals surface area contributed by atoms with E-state index in [1.807, 2.05) is 24.0 Å². The molecule has 2 fully saturated rings. The second kappa shape index (κ2) is 5.89. The lowest BCUT2D eigenvalue weighted by Gasteiger charge is -2.36. The van der Waals surface area contributed by atoms with Gasteiger partial charge in [-0.15, -0.1) is 0 Å². The van der Waals surface area contributed by atoms with Gasteiger partial charge in [0.05, 0.1) is 11.8 Å². The van der Waals surface area contributed by atoms with Crippen molar-refractivity contribution in [2.45, 2.75) is 32.0 Å². The molecule has 114 valence electrons. The highest BCUT2D eigenvalue weighted by Crippen LogP contribution is 2.23. The third kappa shape index (κ3) is 2.95. The SMILES string of the molecule is CC1CCC(C(=O)N2CCN(c3ncccc3N)CC2)O1. The van der Waals surface area contributed by atoms with Crippen LogP contribution in [-0.2, 0) is 9.53 Å². The van der Waals surface area contributed by atoms with Crippen molar-refractivity contribution in [3.63, 3.8) is 0 Å². The van der Waals surface area contributed by atoms with E-state index in [1.165, 1.54) is 0 Å². The Kier molecular flexibility index (Phi) is 3.96. The Balaban J connectivity index is 1.58. The van der Waals surface area contributed by atoms with Gasteiger partial charge in [-0.3, -0.25) is 4.79 Å². The monoisotopic (exact) mass is 290 g/mol. The minimum atomic E-state index is -0.244. The summed E-state index contributed by atoms with van der Waals surface area (Å²) in [5, 5.41) is 0. The Morgan fingerprint density at radius 3 is 2.71 bits per heavy atom. The summed E-state index contributed by atoms with van der Waals surface area (Å²) in [6.45, 7) is 4.94. The van der Waals surface area contributed by atoms with E-state index in [1.54, 1.807) is 6.20 Å². The summed E-state index contributed by atoms with van der Waals surface area (Å²) in [4.78, 5) is 20.8. The molecule has 2 atom stereocenters. The molecule has 6 nitrogen and oxygen atoms in total. The highest BCUT2D eigenvalue weighted by Gasteiger charge is 2.33. The van der Waals surface area contributed by atoms with Crippen LogP contribution in [0.1, 0.15) is 19.8 Å². The van der Waals surface area contributed by atoms with E-state index in [-0.39, 0.29) is 18.1 Å². The molecule has 0 aliphatic carbocycles. The van der Waals surface area contributed by atoms with Gasteiger partial charge in [0.2, 0.25) is 0 Å². The number of aromatic nitrogens is 1. The summed E-state index contributed by atoms with van der Waals surface area (Å²) in [5.41, 5.74) is 6.64. The molecule has 2 N–H and O–H groups in total. The fourth-order valence-electron chi connectivity index (χ4n) is 3.00. The van der Waals surface area contributed by atoms with Gasteiger partial charge in [-0.05, 0) is 31.9 Å². The molecule has 1 amide bonds. The number of hydrogen-bond donors (Lipinski definition) is 1. The highest BCUT2D eigenvalue weighted by molar-refractivity contribution is 5.81. The summed E-state index contributed by atoms with van der Waals surface area (Å²) in [7, 11) is 0. The van der Waals surface area contributed by atoms with Crippen LogP contribution in [0.5, 0.6) is 0 Å². The largest absolute Gasteiger partial charge is 0.396 e. The lowest BCUT2D eigenvalue weighted by atomic mass is 10.1. The molecule has 0 spiro atoms. The van der Waals surface area contributed by atoms with E-state index in [9.17, 15) is 4.79 Å². The first kappa shape index (κ1) is 14.1. The molecule has 21 heavy (non-hydrogen) atoms. The normalized spacial score (nSPS) is 26.1. The fourth-order valence-corrected chi connectivity index (χ4v) is 3.00. The Bertz CT molecular complexity index is 514. The number of piperazine rings is 1. The van der Waals surface area contributed by atoms with Gasteiger partial charge in [0.1, 0.15) is 6.10 Å². The van der Waals surface area contributed by atoms with Crippen LogP contribution in [0.4, 0.5) is 11.5 Å². The second-order valence-corrected chi connectivity index (χ2v) is 5.74. The average Bonchev–Trinajstić information content (AvgIpc) is 2.94. The van der Waals surface area contributed by atoms with E-state index in [0.717, 1.165) is 31.7 Å². The molecule has 2 aliphatic rings. The Morgan fingerprint density at radius 2 is 2.10 bits per heavy atom. The van der Waals surface area contributed by atoms with E-state index in [0.29, 0.717) is 18.8 Å². The summed E-state index contributed by atoms with van der Waals surface area (Å²) in [6, 6.07) is 3.69. The fraction of sp³-hybridized carbons (Fsp3) is 0.600. The number of hydrogen-bond acceptors (Lipinski definition) is 5. The van der Waals surface area contributed by atoms with Crippen LogP contribution in [0.15, 0.2) is 18.3 Å². The number of rotatable bonds is 2. The molecule has 2 aliphatic heterocycles. The minimum Gasteiger partial charge on any atom is -0.396 e. The molecule has 1 aromatic heterocycles. The summed E-state index contributed by atoms with van der Waals surface area (Å²) < 4.78 is 5.67. The number of ether oxygens (including phenoxy) is 1. The van der Waals surface area contributed by atoms with Gasteiger partial charge in [-0.1, -0.05) is 0 Å². The quantitative estimate of drug-likeness (QED) is 0.875. The van der Waals surface area contributed by atoms with Crippen molar-refractivity contribution in [1.29, 1.82) is 0 Å². The van der Waals surface area contributed by atoms with Gasteiger partial charge in [0.25, 0.3) is 5.91 Å². The summed E-state index contributed by atoms with van der Waals surface area (Å²) in [5.74, 6) is 0.948. The summed E-state index contributed by atoms with van der Waals surface area (Å²) in [6.07, 6.45) is 3.52. The molecular weight excluding hydrogens is 268 g/mol. The maximum atomic E-state index is 12.4. The van der Waals surface area contributed by atoms with E-state index >= 15 is 0 Å². The van der Waals surface area contributed by atoms with Crippen molar-refractivity contribution in [3.05, 3.63) is 18.3 Å². The molecular formula is C15H22N4O2. The maximum Gasteiger partial charge on any atom is 0.251 e. The highest BCUT2D eigenvalue weighted by atomic mass is 16.5. The third-order valence-electron chi connectivity index (χ3n) is 4.22. The van der Waals surface area contributed by atoms with Crippen molar-refractivity contribution in [3.8, 4) is 0 Å². The zero-order valence-electron chi connectivity index (χ0n) is 12.4. The number of carbonyl (C=O) groups is 1. The van der Waals surface area contributed by atoms with Gasteiger partial charge in [-0.25, -0.2) is 4.98 Å². The Labute approximate surface area is 124 Å². The zero-order valence-corrected chi connectivity index (χ0v) is 12.4.